The number of esters is 1. The van der Waals surface area contributed by atoms with Gasteiger partial charge in [-0.25, -0.2) is 0 Å². The number of nitrogens with two attached hydrogens (primary N) is 1. The van der Waals surface area contributed by atoms with Crippen molar-refractivity contribution in [2.24, 2.45) is 11.7 Å². The number of rotatable bonds is 3. The van der Waals surface area contributed by atoms with Gasteiger partial charge in [0, 0.05) is 5.54 Å². The molecule has 1 aliphatic carbocycles. The molecule has 0 unspecified atom stereocenters. The molecule has 1 fully saturated rings. The second-order valence-corrected chi connectivity index (χ2v) is 4.47. The van der Waals surface area contributed by atoms with E-state index in [1.807, 2.05) is 0 Å². The van der Waals surface area contributed by atoms with Crippen molar-refractivity contribution in [3.05, 3.63) is 0 Å². The topological polar surface area (TPSA) is 52.3 Å². The van der Waals surface area contributed by atoms with Crippen LogP contribution in [0.1, 0.15) is 45.4 Å². The molecule has 0 aliphatic heterocycles. The Morgan fingerprint density at radius 2 is 2.07 bits per heavy atom. The van der Waals surface area contributed by atoms with Gasteiger partial charge in [0.25, 0.3) is 0 Å². The summed E-state index contributed by atoms with van der Waals surface area (Å²) in [5.41, 5.74) is 5.86. The van der Waals surface area contributed by atoms with Crippen LogP contribution in [0, 0.1) is 5.92 Å². The Hall–Kier alpha value is -0.570. The van der Waals surface area contributed by atoms with Gasteiger partial charge < -0.3 is 10.5 Å². The molecular formula is C11H21NO2. The zero-order valence-electron chi connectivity index (χ0n) is 9.21. The lowest BCUT2D eigenvalue weighted by atomic mass is 9.74. The van der Waals surface area contributed by atoms with Gasteiger partial charge in [0.1, 0.15) is 0 Å². The average Bonchev–Trinajstić information content (AvgIpc) is 2.18. The van der Waals surface area contributed by atoms with Crippen LogP contribution >= 0.6 is 0 Å². The number of ether oxygens (including phenoxy) is 1. The summed E-state index contributed by atoms with van der Waals surface area (Å²) in [6, 6.07) is 0. The van der Waals surface area contributed by atoms with E-state index < -0.39 is 0 Å². The van der Waals surface area contributed by atoms with E-state index in [-0.39, 0.29) is 11.5 Å². The van der Waals surface area contributed by atoms with Crippen molar-refractivity contribution < 1.29 is 9.53 Å². The molecule has 1 rings (SSSR count). The zero-order valence-corrected chi connectivity index (χ0v) is 9.21. The Balaban J connectivity index is 2.41. The molecule has 0 radical (unpaired) electrons. The molecule has 3 nitrogen and oxygen atoms in total. The molecule has 0 atom stereocenters. The third-order valence-electron chi connectivity index (χ3n) is 3.40. The number of hydrogen-bond donors (Lipinski definition) is 1. The minimum Gasteiger partial charge on any atom is -0.469 e. The van der Waals surface area contributed by atoms with Crippen LogP contribution in [0.2, 0.25) is 0 Å². The van der Waals surface area contributed by atoms with E-state index in [1.165, 1.54) is 13.5 Å². The molecule has 14 heavy (non-hydrogen) atoms. The van der Waals surface area contributed by atoms with E-state index in [1.54, 1.807) is 0 Å². The molecule has 3 heteroatoms. The van der Waals surface area contributed by atoms with Crippen LogP contribution in [0.15, 0.2) is 0 Å². The van der Waals surface area contributed by atoms with E-state index in [9.17, 15) is 4.79 Å². The molecular weight excluding hydrogens is 178 g/mol. The molecule has 0 spiro atoms. The van der Waals surface area contributed by atoms with Crippen molar-refractivity contribution in [2.45, 2.75) is 51.0 Å². The third kappa shape index (κ3) is 2.98. The normalized spacial score (nSPS) is 32.6. The maximum Gasteiger partial charge on any atom is 0.307 e. The molecule has 0 aromatic heterocycles. The second kappa shape index (κ2) is 4.78. The van der Waals surface area contributed by atoms with Crippen LogP contribution < -0.4 is 5.73 Å². The van der Waals surface area contributed by atoms with Gasteiger partial charge in [-0.05, 0) is 31.6 Å². The van der Waals surface area contributed by atoms with Gasteiger partial charge in [-0.2, -0.15) is 0 Å². The molecule has 0 heterocycles. The predicted molar refractivity (Wildman–Crippen MR) is 55.8 cm³/mol. The smallest absolute Gasteiger partial charge is 0.307 e. The lowest BCUT2D eigenvalue weighted by Crippen LogP contribution is -2.45. The van der Waals surface area contributed by atoms with Gasteiger partial charge in [0.2, 0.25) is 0 Å². The highest BCUT2D eigenvalue weighted by atomic mass is 16.5. The van der Waals surface area contributed by atoms with E-state index in [0.717, 1.165) is 31.6 Å². The van der Waals surface area contributed by atoms with Crippen LogP contribution in [0.4, 0.5) is 0 Å². The quantitative estimate of drug-likeness (QED) is 0.706. The van der Waals surface area contributed by atoms with Crippen molar-refractivity contribution in [1.29, 1.82) is 0 Å². The maximum absolute atomic E-state index is 11.1. The van der Waals surface area contributed by atoms with Crippen LogP contribution in [-0.2, 0) is 9.53 Å². The summed E-state index contributed by atoms with van der Waals surface area (Å²) in [5, 5.41) is 0. The van der Waals surface area contributed by atoms with Crippen LogP contribution in [0.25, 0.3) is 0 Å². The minimum absolute atomic E-state index is 0.178. The van der Waals surface area contributed by atoms with Crippen LogP contribution in [0.5, 0.6) is 0 Å². The SMILES string of the molecule is CCC1CCC(N)(CC(=O)OC)CC1. The third-order valence-corrected chi connectivity index (χ3v) is 3.40. The number of hydrogen-bond acceptors (Lipinski definition) is 3. The molecule has 0 bridgehead atoms. The van der Waals surface area contributed by atoms with Gasteiger partial charge >= 0.3 is 5.97 Å². The van der Waals surface area contributed by atoms with Gasteiger partial charge in [-0.1, -0.05) is 13.3 Å². The van der Waals surface area contributed by atoms with Gasteiger partial charge in [-0.15, -0.1) is 0 Å². The highest BCUT2D eigenvalue weighted by Crippen LogP contribution is 2.34. The van der Waals surface area contributed by atoms with E-state index in [4.69, 9.17) is 5.73 Å². The van der Waals surface area contributed by atoms with E-state index in [2.05, 4.69) is 11.7 Å². The second-order valence-electron chi connectivity index (χ2n) is 4.47. The Labute approximate surface area is 86.0 Å². The summed E-state index contributed by atoms with van der Waals surface area (Å²) in [6.45, 7) is 2.22. The number of methoxy groups -OCH3 is 1. The highest BCUT2D eigenvalue weighted by Gasteiger charge is 2.33. The largest absolute Gasteiger partial charge is 0.469 e. The van der Waals surface area contributed by atoms with Gasteiger partial charge in [0.15, 0.2) is 0 Å². The molecule has 0 saturated heterocycles. The summed E-state index contributed by atoms with van der Waals surface area (Å²) in [6.07, 6.45) is 5.84. The fourth-order valence-corrected chi connectivity index (χ4v) is 2.20. The monoisotopic (exact) mass is 199 g/mol. The van der Waals surface area contributed by atoms with Gasteiger partial charge in [0.05, 0.1) is 13.5 Å². The first-order chi connectivity index (χ1) is 6.59. The van der Waals surface area contributed by atoms with E-state index >= 15 is 0 Å². The first kappa shape index (κ1) is 11.5. The fourth-order valence-electron chi connectivity index (χ4n) is 2.20. The maximum atomic E-state index is 11.1. The fraction of sp³-hybridized carbons (Fsp3) is 0.909. The molecule has 82 valence electrons. The standard InChI is InChI=1S/C11H21NO2/c1-3-9-4-6-11(12,7-5-9)8-10(13)14-2/h9H,3-8,12H2,1-2H3. The predicted octanol–water partition coefficient (Wildman–Crippen LogP) is 1.85. The Bertz CT molecular complexity index is 195. The van der Waals surface area contributed by atoms with Crippen LogP contribution in [0.3, 0.4) is 0 Å². The lowest BCUT2D eigenvalue weighted by molar-refractivity contribution is -0.142. The molecule has 2 N–H and O–H groups in total. The van der Waals surface area contributed by atoms with E-state index in [0.29, 0.717) is 6.42 Å². The Morgan fingerprint density at radius 3 is 2.50 bits per heavy atom. The summed E-state index contributed by atoms with van der Waals surface area (Å²) in [4.78, 5) is 11.1. The van der Waals surface area contributed by atoms with Crippen molar-refractivity contribution in [3.63, 3.8) is 0 Å². The summed E-state index contributed by atoms with van der Waals surface area (Å²) in [7, 11) is 1.42. The van der Waals surface area contributed by atoms with Crippen molar-refractivity contribution in [2.75, 3.05) is 7.11 Å². The van der Waals surface area contributed by atoms with Crippen molar-refractivity contribution >= 4 is 5.97 Å². The summed E-state index contributed by atoms with van der Waals surface area (Å²) in [5.74, 6) is 0.631. The summed E-state index contributed by atoms with van der Waals surface area (Å²) < 4.78 is 4.65. The summed E-state index contributed by atoms with van der Waals surface area (Å²) >= 11 is 0. The minimum atomic E-state index is -0.293. The average molecular weight is 199 g/mol. The zero-order chi connectivity index (χ0) is 10.6. The van der Waals surface area contributed by atoms with Crippen molar-refractivity contribution in [3.8, 4) is 0 Å². The molecule has 0 aromatic carbocycles. The van der Waals surface area contributed by atoms with Crippen molar-refractivity contribution in [1.82, 2.24) is 0 Å². The van der Waals surface area contributed by atoms with Crippen LogP contribution in [-0.4, -0.2) is 18.6 Å². The molecule has 1 aliphatic rings. The first-order valence-electron chi connectivity index (χ1n) is 5.45. The number of carbonyl (C=O) groups is 1. The Kier molecular flexibility index (Phi) is 3.93. The lowest BCUT2D eigenvalue weighted by Gasteiger charge is -2.36. The first-order valence-corrected chi connectivity index (χ1v) is 5.45. The highest BCUT2D eigenvalue weighted by molar-refractivity contribution is 5.70. The molecule has 0 aromatic rings. The molecule has 1 saturated carbocycles. The molecule has 0 amide bonds. The number of carbonyl (C=O) groups excluding carboxylic acids is 1. The Morgan fingerprint density at radius 1 is 1.50 bits per heavy atom. The van der Waals surface area contributed by atoms with Gasteiger partial charge in [-0.3, -0.25) is 4.79 Å².